The minimum Gasteiger partial charge on any atom is -0.497 e. The van der Waals surface area contributed by atoms with Gasteiger partial charge < -0.3 is 10.5 Å². The van der Waals surface area contributed by atoms with Crippen molar-refractivity contribution in [3.05, 3.63) is 64.8 Å². The molecular weight excluding hydrogens is 336 g/mol. The zero-order chi connectivity index (χ0) is 17.8. The van der Waals surface area contributed by atoms with E-state index in [9.17, 15) is 4.79 Å². The first-order chi connectivity index (χ1) is 12.1. The van der Waals surface area contributed by atoms with Crippen molar-refractivity contribution in [1.29, 1.82) is 0 Å². The van der Waals surface area contributed by atoms with E-state index in [1.54, 1.807) is 23.4 Å². The van der Waals surface area contributed by atoms with Gasteiger partial charge in [-0.1, -0.05) is 0 Å². The van der Waals surface area contributed by atoms with Crippen molar-refractivity contribution in [1.82, 2.24) is 14.3 Å². The predicted molar refractivity (Wildman–Crippen MR) is 101 cm³/mol. The van der Waals surface area contributed by atoms with Crippen LogP contribution in [-0.2, 0) is 6.54 Å². The van der Waals surface area contributed by atoms with Crippen molar-refractivity contribution in [3.8, 4) is 11.4 Å². The lowest BCUT2D eigenvalue weighted by Gasteiger charge is -2.04. The van der Waals surface area contributed by atoms with E-state index >= 15 is 0 Å². The molecule has 0 spiro atoms. The van der Waals surface area contributed by atoms with Crippen LogP contribution in [0.25, 0.3) is 5.69 Å². The van der Waals surface area contributed by atoms with Crippen LogP contribution in [-0.4, -0.2) is 27.2 Å². The number of anilines is 1. The lowest BCUT2D eigenvalue weighted by Crippen LogP contribution is -2.25. The van der Waals surface area contributed by atoms with Crippen molar-refractivity contribution < 1.29 is 4.74 Å². The maximum absolute atomic E-state index is 12.6. The number of nitrogens with zero attached hydrogens (tertiary/aromatic N) is 3. The number of aromatic nitrogens is 3. The minimum atomic E-state index is -0.138. The van der Waals surface area contributed by atoms with E-state index in [0.29, 0.717) is 12.4 Å². The third kappa shape index (κ3) is 3.88. The summed E-state index contributed by atoms with van der Waals surface area (Å²) in [6.07, 6.45) is 0. The lowest BCUT2D eigenvalue weighted by atomic mass is 10.3. The zero-order valence-corrected chi connectivity index (χ0v) is 15.0. The molecule has 0 bridgehead atoms. The number of rotatable bonds is 6. The SMILES string of the molecule is COc1ccc(-n2nc(C)n(CCSc3ccc(N)cc3)c2=O)cc1. The molecule has 3 aromatic rings. The van der Waals surface area contributed by atoms with E-state index in [1.807, 2.05) is 55.5 Å². The highest BCUT2D eigenvalue weighted by molar-refractivity contribution is 7.99. The number of benzene rings is 2. The van der Waals surface area contributed by atoms with Crippen molar-refractivity contribution in [3.63, 3.8) is 0 Å². The van der Waals surface area contributed by atoms with Crippen LogP contribution in [0.15, 0.2) is 58.2 Å². The molecule has 1 aromatic heterocycles. The summed E-state index contributed by atoms with van der Waals surface area (Å²) in [5, 5.41) is 4.37. The first-order valence-corrected chi connectivity index (χ1v) is 8.86. The minimum absolute atomic E-state index is 0.138. The Kier molecular flexibility index (Phi) is 5.14. The third-order valence-corrected chi connectivity index (χ3v) is 4.82. The normalized spacial score (nSPS) is 10.8. The molecule has 0 aliphatic heterocycles. The van der Waals surface area contributed by atoms with E-state index in [0.717, 1.165) is 27.8 Å². The van der Waals surface area contributed by atoms with Gasteiger partial charge in [0.05, 0.1) is 12.8 Å². The van der Waals surface area contributed by atoms with Gasteiger partial charge in [-0.25, -0.2) is 4.79 Å². The van der Waals surface area contributed by atoms with Gasteiger partial charge in [-0.05, 0) is 55.5 Å². The van der Waals surface area contributed by atoms with Crippen LogP contribution >= 0.6 is 11.8 Å². The van der Waals surface area contributed by atoms with Gasteiger partial charge in [0.25, 0.3) is 0 Å². The predicted octanol–water partition coefficient (Wildman–Crippen LogP) is 2.73. The van der Waals surface area contributed by atoms with Crippen LogP contribution in [0.2, 0.25) is 0 Å². The molecule has 2 aromatic carbocycles. The van der Waals surface area contributed by atoms with Gasteiger partial charge in [-0.2, -0.15) is 9.78 Å². The van der Waals surface area contributed by atoms with Gasteiger partial charge in [-0.3, -0.25) is 4.57 Å². The van der Waals surface area contributed by atoms with E-state index < -0.39 is 0 Å². The highest BCUT2D eigenvalue weighted by Crippen LogP contribution is 2.19. The lowest BCUT2D eigenvalue weighted by molar-refractivity contribution is 0.414. The smallest absolute Gasteiger partial charge is 0.350 e. The molecule has 0 saturated heterocycles. The molecular formula is C18H20N4O2S. The number of aryl methyl sites for hydroxylation is 1. The molecule has 0 amide bonds. The molecule has 0 atom stereocenters. The van der Waals surface area contributed by atoms with Gasteiger partial charge in [-0.15, -0.1) is 11.8 Å². The molecule has 0 aliphatic rings. The van der Waals surface area contributed by atoms with Crippen LogP contribution < -0.4 is 16.2 Å². The maximum Gasteiger partial charge on any atom is 0.350 e. The molecule has 0 radical (unpaired) electrons. The summed E-state index contributed by atoms with van der Waals surface area (Å²) in [7, 11) is 1.61. The highest BCUT2D eigenvalue weighted by Gasteiger charge is 2.11. The summed E-state index contributed by atoms with van der Waals surface area (Å²) in [5.74, 6) is 2.21. The Morgan fingerprint density at radius 1 is 1.12 bits per heavy atom. The average molecular weight is 356 g/mol. The molecule has 7 heteroatoms. The molecule has 2 N–H and O–H groups in total. The van der Waals surface area contributed by atoms with Gasteiger partial charge in [0.1, 0.15) is 11.6 Å². The average Bonchev–Trinajstić information content (AvgIpc) is 2.91. The zero-order valence-electron chi connectivity index (χ0n) is 14.2. The van der Waals surface area contributed by atoms with E-state index in [2.05, 4.69) is 5.10 Å². The van der Waals surface area contributed by atoms with Crippen LogP contribution in [0.4, 0.5) is 5.69 Å². The quantitative estimate of drug-likeness (QED) is 0.543. The van der Waals surface area contributed by atoms with Gasteiger partial charge >= 0.3 is 5.69 Å². The topological polar surface area (TPSA) is 75.1 Å². The monoisotopic (exact) mass is 356 g/mol. The van der Waals surface area contributed by atoms with Crippen LogP contribution in [0.1, 0.15) is 5.82 Å². The molecule has 0 fully saturated rings. The first kappa shape index (κ1) is 17.2. The number of thioether (sulfide) groups is 1. The summed E-state index contributed by atoms with van der Waals surface area (Å²) in [6.45, 7) is 2.44. The Hall–Kier alpha value is -2.67. The van der Waals surface area contributed by atoms with E-state index in [1.165, 1.54) is 4.68 Å². The second-order valence-corrected chi connectivity index (χ2v) is 6.68. The standard InChI is InChI=1S/C18H20N4O2S/c1-13-20-22(15-5-7-16(24-2)8-6-15)18(23)21(13)11-12-25-17-9-3-14(19)4-10-17/h3-10H,11-12,19H2,1-2H3. The van der Waals surface area contributed by atoms with Gasteiger partial charge in [0.15, 0.2) is 0 Å². The number of nitrogen functional groups attached to an aromatic ring is 1. The molecule has 1 heterocycles. The fourth-order valence-corrected chi connectivity index (χ4v) is 3.30. The largest absolute Gasteiger partial charge is 0.497 e. The summed E-state index contributed by atoms with van der Waals surface area (Å²) < 4.78 is 8.25. The molecule has 3 rings (SSSR count). The summed E-state index contributed by atoms with van der Waals surface area (Å²) in [4.78, 5) is 13.8. The Bertz CT molecular complexity index is 898. The second-order valence-electron chi connectivity index (χ2n) is 5.51. The number of methoxy groups -OCH3 is 1. The highest BCUT2D eigenvalue weighted by atomic mass is 32.2. The molecule has 6 nitrogen and oxygen atoms in total. The molecule has 0 unspecified atom stereocenters. The molecule has 0 aliphatic carbocycles. The Morgan fingerprint density at radius 2 is 1.80 bits per heavy atom. The summed E-state index contributed by atoms with van der Waals surface area (Å²) >= 11 is 1.68. The molecule has 0 saturated carbocycles. The fraction of sp³-hybridized carbons (Fsp3) is 0.222. The first-order valence-electron chi connectivity index (χ1n) is 7.87. The van der Waals surface area contributed by atoms with Crippen molar-refractivity contribution in [2.75, 3.05) is 18.6 Å². The fourth-order valence-electron chi connectivity index (χ4n) is 2.46. The number of nitrogens with two attached hydrogens (primary N) is 1. The van der Waals surface area contributed by atoms with E-state index in [-0.39, 0.29) is 5.69 Å². The van der Waals surface area contributed by atoms with Crippen LogP contribution in [0.5, 0.6) is 5.75 Å². The van der Waals surface area contributed by atoms with Crippen LogP contribution in [0.3, 0.4) is 0 Å². The Morgan fingerprint density at radius 3 is 2.44 bits per heavy atom. The van der Waals surface area contributed by atoms with Crippen LogP contribution in [0, 0.1) is 6.92 Å². The van der Waals surface area contributed by atoms with E-state index in [4.69, 9.17) is 10.5 Å². The van der Waals surface area contributed by atoms with Crippen molar-refractivity contribution in [2.24, 2.45) is 0 Å². The Balaban J connectivity index is 1.73. The van der Waals surface area contributed by atoms with Crippen molar-refractivity contribution >= 4 is 17.4 Å². The van der Waals surface area contributed by atoms with Gasteiger partial charge in [0, 0.05) is 22.9 Å². The van der Waals surface area contributed by atoms with Crippen molar-refractivity contribution in [2.45, 2.75) is 18.4 Å². The number of hydrogen-bond acceptors (Lipinski definition) is 5. The van der Waals surface area contributed by atoms with Gasteiger partial charge in [0.2, 0.25) is 0 Å². The second kappa shape index (κ2) is 7.48. The molecule has 130 valence electrons. The summed E-state index contributed by atoms with van der Waals surface area (Å²) in [5.41, 5.74) is 7.02. The number of hydrogen-bond donors (Lipinski definition) is 1. The summed E-state index contributed by atoms with van der Waals surface area (Å²) in [6, 6.07) is 15.0. The molecule has 25 heavy (non-hydrogen) atoms. The third-order valence-electron chi connectivity index (χ3n) is 3.83. The number of ether oxygens (including phenoxy) is 1. The maximum atomic E-state index is 12.6. The Labute approximate surface area is 150 Å².